The van der Waals surface area contributed by atoms with Gasteiger partial charge in [-0.25, -0.2) is 0 Å². The largest absolute Gasteiger partial charge is 0.388 e. The third kappa shape index (κ3) is 3.16. The molecule has 0 spiro atoms. The van der Waals surface area contributed by atoms with Gasteiger partial charge < -0.3 is 10.6 Å². The number of nitrogens with zero attached hydrogens (tertiary/aromatic N) is 1. The van der Waals surface area contributed by atoms with E-state index < -0.39 is 0 Å². The topological polar surface area (TPSA) is 64.9 Å². The number of nitriles is 1. The second-order valence-corrected chi connectivity index (χ2v) is 5.00. The molecular formula is C15H12BrN3O. The van der Waals surface area contributed by atoms with Crippen LogP contribution in [0.5, 0.6) is 0 Å². The lowest BCUT2D eigenvalue weighted by molar-refractivity contribution is 0.102. The predicted octanol–water partition coefficient (Wildman–Crippen LogP) is 3.61. The molecular weight excluding hydrogens is 318 g/mol. The maximum atomic E-state index is 12.1. The molecule has 0 saturated carbocycles. The fourth-order valence-corrected chi connectivity index (χ4v) is 2.06. The third-order valence-electron chi connectivity index (χ3n) is 2.79. The number of amides is 1. The van der Waals surface area contributed by atoms with Crippen LogP contribution < -0.4 is 10.6 Å². The lowest BCUT2D eigenvalue weighted by Gasteiger charge is -2.08. The van der Waals surface area contributed by atoms with E-state index in [2.05, 4.69) is 32.6 Å². The Labute approximate surface area is 125 Å². The summed E-state index contributed by atoms with van der Waals surface area (Å²) in [6.45, 7) is 0. The van der Waals surface area contributed by atoms with Crippen LogP contribution in [0.3, 0.4) is 0 Å². The van der Waals surface area contributed by atoms with E-state index in [0.717, 1.165) is 10.2 Å². The smallest absolute Gasteiger partial charge is 0.255 e. The van der Waals surface area contributed by atoms with Crippen molar-refractivity contribution in [2.45, 2.75) is 0 Å². The second kappa shape index (κ2) is 6.22. The molecule has 0 saturated heterocycles. The summed E-state index contributed by atoms with van der Waals surface area (Å²) in [6, 6.07) is 14.3. The van der Waals surface area contributed by atoms with Crippen LogP contribution in [0.4, 0.5) is 11.4 Å². The first kappa shape index (κ1) is 14.1. The van der Waals surface area contributed by atoms with Gasteiger partial charge in [-0.1, -0.05) is 15.9 Å². The van der Waals surface area contributed by atoms with Crippen molar-refractivity contribution >= 4 is 33.2 Å². The minimum absolute atomic E-state index is 0.244. The van der Waals surface area contributed by atoms with Gasteiger partial charge in [0.25, 0.3) is 5.91 Å². The Morgan fingerprint density at radius 1 is 1.20 bits per heavy atom. The molecule has 2 rings (SSSR count). The number of anilines is 2. The number of halogens is 1. The summed E-state index contributed by atoms with van der Waals surface area (Å²) in [7, 11) is 1.82. The van der Waals surface area contributed by atoms with E-state index in [1.54, 1.807) is 30.3 Å². The highest BCUT2D eigenvalue weighted by Gasteiger charge is 2.09. The van der Waals surface area contributed by atoms with E-state index in [4.69, 9.17) is 5.26 Å². The molecule has 0 aliphatic heterocycles. The Hall–Kier alpha value is -2.32. The first-order chi connectivity index (χ1) is 9.63. The molecule has 2 aromatic carbocycles. The molecule has 0 aliphatic rings. The van der Waals surface area contributed by atoms with Gasteiger partial charge in [0.2, 0.25) is 0 Å². The normalized spacial score (nSPS) is 9.65. The summed E-state index contributed by atoms with van der Waals surface area (Å²) in [5.41, 5.74) is 2.39. The molecule has 2 N–H and O–H groups in total. The summed E-state index contributed by atoms with van der Waals surface area (Å²) >= 11 is 3.29. The van der Waals surface area contributed by atoms with E-state index in [1.807, 2.05) is 19.2 Å². The number of carbonyl (C=O) groups is 1. The summed E-state index contributed by atoms with van der Waals surface area (Å²) in [5.74, 6) is -0.244. The van der Waals surface area contributed by atoms with Crippen molar-refractivity contribution < 1.29 is 4.79 Å². The molecule has 0 unspecified atom stereocenters. The monoisotopic (exact) mass is 329 g/mol. The van der Waals surface area contributed by atoms with Crippen molar-refractivity contribution in [3.63, 3.8) is 0 Å². The average molecular weight is 330 g/mol. The Morgan fingerprint density at radius 2 is 1.90 bits per heavy atom. The summed E-state index contributed by atoms with van der Waals surface area (Å²) in [6.07, 6.45) is 0. The van der Waals surface area contributed by atoms with Gasteiger partial charge in [0, 0.05) is 22.8 Å². The molecule has 100 valence electrons. The molecule has 0 aliphatic carbocycles. The van der Waals surface area contributed by atoms with Crippen LogP contribution in [-0.4, -0.2) is 13.0 Å². The lowest BCUT2D eigenvalue weighted by Crippen LogP contribution is -2.12. The van der Waals surface area contributed by atoms with E-state index in [0.29, 0.717) is 16.8 Å². The number of hydrogen-bond acceptors (Lipinski definition) is 3. The van der Waals surface area contributed by atoms with Crippen molar-refractivity contribution in [2.24, 2.45) is 0 Å². The first-order valence-corrected chi connectivity index (χ1v) is 6.72. The van der Waals surface area contributed by atoms with Crippen molar-refractivity contribution in [1.29, 1.82) is 5.26 Å². The molecule has 0 atom stereocenters. The van der Waals surface area contributed by atoms with E-state index in [9.17, 15) is 4.79 Å². The van der Waals surface area contributed by atoms with Crippen LogP contribution in [0.25, 0.3) is 0 Å². The zero-order valence-electron chi connectivity index (χ0n) is 10.8. The van der Waals surface area contributed by atoms with E-state index >= 15 is 0 Å². The minimum Gasteiger partial charge on any atom is -0.388 e. The summed E-state index contributed by atoms with van der Waals surface area (Å²) in [4.78, 5) is 12.1. The fourth-order valence-electron chi connectivity index (χ4n) is 1.70. The van der Waals surface area contributed by atoms with Gasteiger partial charge in [-0.2, -0.15) is 5.26 Å². The molecule has 20 heavy (non-hydrogen) atoms. The van der Waals surface area contributed by atoms with Gasteiger partial charge in [-0.05, 0) is 42.5 Å². The first-order valence-electron chi connectivity index (χ1n) is 5.93. The Morgan fingerprint density at radius 3 is 2.50 bits per heavy atom. The Bertz CT molecular complexity index is 675. The number of benzene rings is 2. The highest BCUT2D eigenvalue weighted by atomic mass is 79.9. The molecule has 0 aromatic heterocycles. The van der Waals surface area contributed by atoms with Gasteiger partial charge >= 0.3 is 0 Å². The predicted molar refractivity (Wildman–Crippen MR) is 82.8 cm³/mol. The number of carbonyl (C=O) groups excluding carboxylic acids is 1. The number of nitrogens with one attached hydrogen (secondary N) is 2. The SMILES string of the molecule is CNc1ccc(C(=O)Nc2ccc(Br)cc2C#N)cc1. The van der Waals surface area contributed by atoms with Gasteiger partial charge in [-0.15, -0.1) is 0 Å². The molecule has 4 nitrogen and oxygen atoms in total. The fraction of sp³-hybridized carbons (Fsp3) is 0.0667. The van der Waals surface area contributed by atoms with E-state index in [1.165, 1.54) is 0 Å². The zero-order valence-corrected chi connectivity index (χ0v) is 12.4. The maximum absolute atomic E-state index is 12.1. The second-order valence-electron chi connectivity index (χ2n) is 4.08. The number of hydrogen-bond donors (Lipinski definition) is 2. The van der Waals surface area contributed by atoms with Crippen molar-refractivity contribution in [2.75, 3.05) is 17.7 Å². The van der Waals surface area contributed by atoms with Crippen molar-refractivity contribution in [3.05, 3.63) is 58.1 Å². The van der Waals surface area contributed by atoms with Gasteiger partial charge in [0.05, 0.1) is 11.3 Å². The summed E-state index contributed by atoms with van der Waals surface area (Å²) < 4.78 is 0.797. The molecule has 0 bridgehead atoms. The van der Waals surface area contributed by atoms with Crippen LogP contribution >= 0.6 is 15.9 Å². The summed E-state index contributed by atoms with van der Waals surface area (Å²) in [5, 5.41) is 14.8. The van der Waals surface area contributed by atoms with Crippen molar-refractivity contribution in [1.82, 2.24) is 0 Å². The average Bonchev–Trinajstić information content (AvgIpc) is 2.49. The van der Waals surface area contributed by atoms with Gasteiger partial charge in [0.1, 0.15) is 6.07 Å². The van der Waals surface area contributed by atoms with Crippen LogP contribution in [0, 0.1) is 11.3 Å². The molecule has 0 heterocycles. The molecule has 0 fully saturated rings. The molecule has 1 amide bonds. The van der Waals surface area contributed by atoms with Crippen LogP contribution in [0.2, 0.25) is 0 Å². The number of rotatable bonds is 3. The minimum atomic E-state index is -0.244. The van der Waals surface area contributed by atoms with E-state index in [-0.39, 0.29) is 5.91 Å². The van der Waals surface area contributed by atoms with Crippen LogP contribution in [0.15, 0.2) is 46.9 Å². The van der Waals surface area contributed by atoms with Crippen molar-refractivity contribution in [3.8, 4) is 6.07 Å². The molecule has 2 aromatic rings. The standard InChI is InChI=1S/C15H12BrN3O/c1-18-13-5-2-10(3-6-13)15(20)19-14-7-4-12(16)8-11(14)9-17/h2-8,18H,1H3,(H,19,20). The Balaban J connectivity index is 2.21. The third-order valence-corrected chi connectivity index (χ3v) is 3.28. The molecule has 0 radical (unpaired) electrons. The zero-order chi connectivity index (χ0) is 14.5. The van der Waals surface area contributed by atoms with Crippen LogP contribution in [-0.2, 0) is 0 Å². The Kier molecular flexibility index (Phi) is 4.38. The van der Waals surface area contributed by atoms with Gasteiger partial charge in [0.15, 0.2) is 0 Å². The molecule has 5 heteroatoms. The highest BCUT2D eigenvalue weighted by molar-refractivity contribution is 9.10. The quantitative estimate of drug-likeness (QED) is 0.903. The lowest BCUT2D eigenvalue weighted by atomic mass is 10.1. The van der Waals surface area contributed by atoms with Crippen LogP contribution in [0.1, 0.15) is 15.9 Å². The maximum Gasteiger partial charge on any atom is 0.255 e. The highest BCUT2D eigenvalue weighted by Crippen LogP contribution is 2.21. The van der Waals surface area contributed by atoms with Gasteiger partial charge in [-0.3, -0.25) is 4.79 Å².